The molecule has 6 nitrogen and oxygen atoms in total. The Labute approximate surface area is 342 Å². The van der Waals surface area contributed by atoms with Gasteiger partial charge in [0.05, 0.1) is 0 Å². The van der Waals surface area contributed by atoms with Crippen LogP contribution in [0.4, 0.5) is 0 Å². The van der Waals surface area contributed by atoms with Crippen molar-refractivity contribution in [2.45, 2.75) is 266 Å². The van der Waals surface area contributed by atoms with Crippen molar-refractivity contribution in [1.29, 1.82) is 0 Å². The second-order valence-corrected chi connectivity index (χ2v) is 18.2. The Bertz CT molecular complexity index is 852. The van der Waals surface area contributed by atoms with Gasteiger partial charge < -0.3 is 14.2 Å². The molecule has 0 saturated heterocycles. The van der Waals surface area contributed by atoms with Crippen LogP contribution in [0.2, 0.25) is 0 Å². The maximum Gasteiger partial charge on any atom is 0.306 e. The summed E-state index contributed by atoms with van der Waals surface area (Å²) in [6.07, 6.45) is 38.2. The molecule has 0 aliphatic rings. The van der Waals surface area contributed by atoms with E-state index in [1.54, 1.807) is 0 Å². The lowest BCUT2D eigenvalue weighted by Crippen LogP contribution is -2.30. The number of unbranched alkanes of at least 4 members (excludes halogenated alkanes) is 25. The smallest absolute Gasteiger partial charge is 0.306 e. The molecule has 0 amide bonds. The third kappa shape index (κ3) is 43.4. The van der Waals surface area contributed by atoms with Crippen LogP contribution in [0.25, 0.3) is 0 Å². The van der Waals surface area contributed by atoms with E-state index in [4.69, 9.17) is 14.2 Å². The number of carbonyl (C=O) groups excluding carboxylic acids is 3. The molecule has 0 aliphatic carbocycles. The number of rotatable bonds is 42. The summed E-state index contributed by atoms with van der Waals surface area (Å²) >= 11 is 0. The lowest BCUT2D eigenvalue weighted by atomic mass is 10.0. The van der Waals surface area contributed by atoms with Crippen LogP contribution in [0.5, 0.6) is 0 Å². The molecule has 55 heavy (non-hydrogen) atoms. The van der Waals surface area contributed by atoms with Crippen LogP contribution < -0.4 is 0 Å². The van der Waals surface area contributed by atoms with E-state index in [1.165, 1.54) is 141 Å². The predicted octanol–water partition coefficient (Wildman–Crippen LogP) is 15.2. The second kappa shape index (κ2) is 40.6. The molecule has 0 aromatic heterocycles. The first-order valence-electron chi connectivity index (χ1n) is 24.1. The van der Waals surface area contributed by atoms with Gasteiger partial charge in [-0.2, -0.15) is 0 Å². The zero-order valence-electron chi connectivity index (χ0n) is 37.7. The van der Waals surface area contributed by atoms with E-state index < -0.39 is 6.10 Å². The van der Waals surface area contributed by atoms with Gasteiger partial charge in [0.25, 0.3) is 0 Å². The van der Waals surface area contributed by atoms with Crippen LogP contribution in [0.15, 0.2) is 0 Å². The quantitative estimate of drug-likeness (QED) is 0.0349. The largest absolute Gasteiger partial charge is 0.462 e. The van der Waals surface area contributed by atoms with Crippen LogP contribution in [-0.2, 0) is 28.6 Å². The van der Waals surface area contributed by atoms with Crippen LogP contribution >= 0.6 is 0 Å². The molecule has 0 aliphatic heterocycles. The molecule has 1 atom stereocenters. The van der Waals surface area contributed by atoms with Crippen molar-refractivity contribution >= 4 is 17.9 Å². The predicted molar refractivity (Wildman–Crippen MR) is 233 cm³/mol. The Hall–Kier alpha value is -1.59. The summed E-state index contributed by atoms with van der Waals surface area (Å²) in [7, 11) is 0. The molecule has 0 aromatic carbocycles. The van der Waals surface area contributed by atoms with Crippen LogP contribution in [-0.4, -0.2) is 37.2 Å². The Balaban J connectivity index is 4.25. The van der Waals surface area contributed by atoms with Crippen LogP contribution in [0, 0.1) is 17.8 Å². The first-order chi connectivity index (χ1) is 26.6. The van der Waals surface area contributed by atoms with E-state index in [0.717, 1.165) is 75.5 Å². The third-order valence-corrected chi connectivity index (χ3v) is 10.9. The highest BCUT2D eigenvalue weighted by atomic mass is 16.6. The summed E-state index contributed by atoms with van der Waals surface area (Å²) < 4.78 is 16.7. The lowest BCUT2D eigenvalue weighted by molar-refractivity contribution is -0.167. The van der Waals surface area contributed by atoms with E-state index in [-0.39, 0.29) is 31.1 Å². The van der Waals surface area contributed by atoms with Crippen molar-refractivity contribution in [1.82, 2.24) is 0 Å². The minimum Gasteiger partial charge on any atom is -0.462 e. The third-order valence-electron chi connectivity index (χ3n) is 10.9. The zero-order chi connectivity index (χ0) is 40.6. The van der Waals surface area contributed by atoms with Gasteiger partial charge in [-0.25, -0.2) is 0 Å². The first-order valence-corrected chi connectivity index (χ1v) is 24.1. The number of hydrogen-bond acceptors (Lipinski definition) is 6. The van der Waals surface area contributed by atoms with Crippen molar-refractivity contribution in [2.24, 2.45) is 17.8 Å². The highest BCUT2D eigenvalue weighted by Crippen LogP contribution is 2.17. The molecule has 0 unspecified atom stereocenters. The Morgan fingerprint density at radius 2 is 0.527 bits per heavy atom. The average molecular weight is 779 g/mol. The minimum absolute atomic E-state index is 0.0665. The van der Waals surface area contributed by atoms with Crippen LogP contribution in [0.1, 0.15) is 260 Å². The van der Waals surface area contributed by atoms with Crippen molar-refractivity contribution in [3.8, 4) is 0 Å². The molecule has 326 valence electrons. The van der Waals surface area contributed by atoms with E-state index in [0.29, 0.717) is 19.3 Å². The molecule has 0 radical (unpaired) electrons. The van der Waals surface area contributed by atoms with Gasteiger partial charge in [0.1, 0.15) is 13.2 Å². The molecule has 0 aromatic rings. The maximum absolute atomic E-state index is 12.7. The van der Waals surface area contributed by atoms with Gasteiger partial charge in [-0.15, -0.1) is 0 Å². The van der Waals surface area contributed by atoms with Crippen molar-refractivity contribution in [2.75, 3.05) is 13.2 Å². The van der Waals surface area contributed by atoms with Gasteiger partial charge >= 0.3 is 17.9 Å². The van der Waals surface area contributed by atoms with Crippen molar-refractivity contribution < 1.29 is 28.6 Å². The highest BCUT2D eigenvalue weighted by molar-refractivity contribution is 5.71. The summed E-state index contributed by atoms with van der Waals surface area (Å²) in [6.45, 7) is 13.6. The summed E-state index contributed by atoms with van der Waals surface area (Å²) in [5, 5.41) is 0. The molecule has 0 heterocycles. The number of hydrogen-bond donors (Lipinski definition) is 0. The van der Waals surface area contributed by atoms with E-state index in [9.17, 15) is 14.4 Å². The Kier molecular flexibility index (Phi) is 39.4. The van der Waals surface area contributed by atoms with Gasteiger partial charge in [0.15, 0.2) is 6.10 Å². The fraction of sp³-hybridized carbons (Fsp3) is 0.939. The van der Waals surface area contributed by atoms with Crippen molar-refractivity contribution in [3.05, 3.63) is 0 Å². The summed E-state index contributed by atoms with van der Waals surface area (Å²) in [6, 6.07) is 0. The standard InChI is InChI=1S/C49H94O6/c1-43(2)35-29-23-17-13-11-9-7-8-10-12-14-19-26-32-38-47(50)53-41-46(55-49(52)40-34-28-22-21-25-31-37-45(5)6)42-54-48(51)39-33-27-20-16-15-18-24-30-36-44(3)4/h43-46H,7-42H2,1-6H3/t46-/m1/s1. The molecule has 0 bridgehead atoms. The number of carbonyl (C=O) groups is 3. The number of ether oxygens (including phenoxy) is 3. The minimum atomic E-state index is -0.762. The van der Waals surface area contributed by atoms with Gasteiger partial charge in [-0.1, -0.05) is 221 Å². The zero-order valence-corrected chi connectivity index (χ0v) is 37.7. The Morgan fingerprint density at radius 1 is 0.309 bits per heavy atom. The number of esters is 3. The SMILES string of the molecule is CC(C)CCCCCCCCCCCCCCCCC(=O)OC[C@H](COC(=O)CCCCCCCCCCC(C)C)OC(=O)CCCCCCCCC(C)C. The van der Waals surface area contributed by atoms with E-state index in [1.807, 2.05) is 0 Å². The molecule has 0 N–H and O–H groups in total. The molecule has 0 saturated carbocycles. The van der Waals surface area contributed by atoms with Gasteiger partial charge in [-0.3, -0.25) is 14.4 Å². The Morgan fingerprint density at radius 3 is 0.782 bits per heavy atom. The molecule has 0 spiro atoms. The maximum atomic E-state index is 12.7. The molecule has 0 fully saturated rings. The highest BCUT2D eigenvalue weighted by Gasteiger charge is 2.19. The summed E-state index contributed by atoms with van der Waals surface area (Å²) in [4.78, 5) is 37.7. The average Bonchev–Trinajstić information content (AvgIpc) is 3.13. The summed E-state index contributed by atoms with van der Waals surface area (Å²) in [5.74, 6) is 1.54. The van der Waals surface area contributed by atoms with E-state index in [2.05, 4.69) is 41.5 Å². The van der Waals surface area contributed by atoms with Crippen LogP contribution in [0.3, 0.4) is 0 Å². The van der Waals surface area contributed by atoms with Gasteiger partial charge in [-0.05, 0) is 37.0 Å². The van der Waals surface area contributed by atoms with E-state index >= 15 is 0 Å². The fourth-order valence-corrected chi connectivity index (χ4v) is 7.23. The fourth-order valence-electron chi connectivity index (χ4n) is 7.23. The monoisotopic (exact) mass is 779 g/mol. The molecular weight excluding hydrogens is 685 g/mol. The second-order valence-electron chi connectivity index (χ2n) is 18.2. The molecule has 0 rings (SSSR count). The summed E-state index contributed by atoms with van der Waals surface area (Å²) in [5.41, 5.74) is 0. The topological polar surface area (TPSA) is 78.9 Å². The van der Waals surface area contributed by atoms with Crippen molar-refractivity contribution in [3.63, 3.8) is 0 Å². The van der Waals surface area contributed by atoms with Gasteiger partial charge in [0, 0.05) is 19.3 Å². The normalized spacial score (nSPS) is 12.2. The first kappa shape index (κ1) is 53.4. The lowest BCUT2D eigenvalue weighted by Gasteiger charge is -2.18. The molecular formula is C49H94O6. The molecule has 6 heteroatoms. The van der Waals surface area contributed by atoms with Gasteiger partial charge in [0.2, 0.25) is 0 Å².